The lowest BCUT2D eigenvalue weighted by molar-refractivity contribution is -0.112. The van der Waals surface area contributed by atoms with Gasteiger partial charge in [0, 0.05) is 49.2 Å². The molecular formula is C35H47ClN2O5S. The standard InChI is InChI=1S/C35H47ClN2O5S/c1-5-7-9-28(22-39)32-13-10-27(32)20-38-21-29(31-14-12-30(36)18-25(31)8-6-2)23-43-34-15-11-26(19-33(34)38)35(40)37-44(41)24(3)16-17-42-4/h7,9,11-12,14-15,18-19,22,24,27-29,32H,5-6,8,10,13,16-17,20-21,23H2,1-4H3,(H,37,40)/b9-7+. The van der Waals surface area contributed by atoms with Crippen LogP contribution in [0.1, 0.15) is 80.3 Å². The van der Waals surface area contributed by atoms with Crippen LogP contribution in [0, 0.1) is 17.8 Å². The summed E-state index contributed by atoms with van der Waals surface area (Å²) in [5.41, 5.74) is 3.75. The number of hydrogen-bond acceptors (Lipinski definition) is 6. The van der Waals surface area contributed by atoms with Crippen LogP contribution in [0.15, 0.2) is 48.6 Å². The second-order valence-electron chi connectivity index (χ2n) is 12.1. The van der Waals surface area contributed by atoms with E-state index in [4.69, 9.17) is 21.1 Å². The smallest absolute Gasteiger partial charge is 0.263 e. The first-order valence-corrected chi connectivity index (χ1v) is 17.5. The number of methoxy groups -OCH3 is 1. The van der Waals surface area contributed by atoms with Crippen molar-refractivity contribution in [3.63, 3.8) is 0 Å². The lowest BCUT2D eigenvalue weighted by Crippen LogP contribution is -2.42. The molecule has 0 saturated heterocycles. The minimum Gasteiger partial charge on any atom is -0.491 e. The van der Waals surface area contributed by atoms with Crippen LogP contribution in [0.2, 0.25) is 5.02 Å². The van der Waals surface area contributed by atoms with Crippen molar-refractivity contribution in [2.75, 3.05) is 38.3 Å². The van der Waals surface area contributed by atoms with Gasteiger partial charge >= 0.3 is 0 Å². The number of allylic oxidation sites excluding steroid dienone is 2. The van der Waals surface area contributed by atoms with E-state index in [2.05, 4.69) is 47.8 Å². The summed E-state index contributed by atoms with van der Waals surface area (Å²) in [7, 11) is 0.0654. The molecule has 0 bridgehead atoms. The molecule has 4 rings (SSSR count). The zero-order chi connectivity index (χ0) is 31.6. The van der Waals surface area contributed by atoms with Gasteiger partial charge in [-0.1, -0.05) is 50.1 Å². The minimum atomic E-state index is -1.54. The predicted octanol–water partition coefficient (Wildman–Crippen LogP) is 6.90. The fraction of sp³-hybridized carbons (Fsp3) is 0.543. The average molecular weight is 643 g/mol. The lowest BCUT2D eigenvalue weighted by atomic mass is 9.67. The molecule has 1 fully saturated rings. The number of amides is 1. The maximum atomic E-state index is 13.3. The maximum absolute atomic E-state index is 13.3. The number of nitrogens with one attached hydrogen (secondary N) is 1. The Labute approximate surface area is 270 Å². The Morgan fingerprint density at radius 2 is 2.05 bits per heavy atom. The van der Waals surface area contributed by atoms with Gasteiger partial charge in [0.25, 0.3) is 5.91 Å². The highest BCUT2D eigenvalue weighted by atomic mass is 35.5. The normalized spacial score (nSPS) is 21.8. The summed E-state index contributed by atoms with van der Waals surface area (Å²) < 4.78 is 27.0. The number of carbonyl (C=O) groups is 2. The number of halogens is 1. The van der Waals surface area contributed by atoms with Gasteiger partial charge in [0.05, 0.1) is 17.5 Å². The number of ether oxygens (including phenoxy) is 2. The molecule has 240 valence electrons. The van der Waals surface area contributed by atoms with Crippen LogP contribution in [0.4, 0.5) is 5.69 Å². The molecule has 1 aliphatic carbocycles. The Hall–Kier alpha value is -2.68. The Morgan fingerprint density at radius 1 is 1.23 bits per heavy atom. The van der Waals surface area contributed by atoms with Gasteiger partial charge in [-0.2, -0.15) is 0 Å². The van der Waals surface area contributed by atoms with Gasteiger partial charge in [-0.15, -0.1) is 0 Å². The van der Waals surface area contributed by atoms with Crippen molar-refractivity contribution < 1.29 is 23.3 Å². The topological polar surface area (TPSA) is 84.9 Å². The van der Waals surface area contributed by atoms with Crippen molar-refractivity contribution in [2.45, 2.75) is 70.5 Å². The second-order valence-corrected chi connectivity index (χ2v) is 14.1. The maximum Gasteiger partial charge on any atom is 0.263 e. The summed E-state index contributed by atoms with van der Waals surface area (Å²) in [5.74, 6) is 0.963. The zero-order valence-electron chi connectivity index (χ0n) is 26.4. The number of aryl methyl sites for hydroxylation is 1. The summed E-state index contributed by atoms with van der Waals surface area (Å²) in [6.45, 7) is 8.52. The van der Waals surface area contributed by atoms with Crippen LogP contribution in [0.25, 0.3) is 0 Å². The van der Waals surface area contributed by atoms with Gasteiger partial charge in [-0.05, 0) is 92.3 Å². The van der Waals surface area contributed by atoms with Gasteiger partial charge < -0.3 is 19.2 Å². The largest absolute Gasteiger partial charge is 0.491 e. The zero-order valence-corrected chi connectivity index (χ0v) is 28.0. The monoisotopic (exact) mass is 642 g/mol. The Morgan fingerprint density at radius 3 is 2.73 bits per heavy atom. The number of nitrogens with zero attached hydrogens (tertiary/aromatic N) is 1. The van der Waals surface area contributed by atoms with Crippen LogP contribution >= 0.6 is 11.6 Å². The molecular weight excluding hydrogens is 596 g/mol. The third kappa shape index (κ3) is 8.52. The van der Waals surface area contributed by atoms with Crippen molar-refractivity contribution in [1.82, 2.24) is 4.72 Å². The predicted molar refractivity (Wildman–Crippen MR) is 179 cm³/mol. The molecule has 6 atom stereocenters. The molecule has 0 spiro atoms. The Balaban J connectivity index is 1.64. The highest BCUT2D eigenvalue weighted by molar-refractivity contribution is 7.84. The molecule has 1 saturated carbocycles. The fourth-order valence-electron chi connectivity index (χ4n) is 6.29. The van der Waals surface area contributed by atoms with Crippen LogP contribution in [-0.2, 0) is 26.9 Å². The SMILES string of the molecule is CC/C=C/C(C=O)C1CCC1CN1CC(c2ccc(Cl)cc2CCC)COc2ccc(C(=O)NS(=O)C(C)CCOC)cc21. The minimum absolute atomic E-state index is 0.0908. The lowest BCUT2D eigenvalue weighted by Gasteiger charge is -2.43. The highest BCUT2D eigenvalue weighted by Crippen LogP contribution is 2.43. The first kappa shape index (κ1) is 34.2. The molecule has 7 nitrogen and oxygen atoms in total. The van der Waals surface area contributed by atoms with Crippen molar-refractivity contribution >= 4 is 40.5 Å². The number of fused-ring (bicyclic) bond motifs is 1. The molecule has 9 heteroatoms. The molecule has 0 aromatic heterocycles. The number of hydrogen-bond donors (Lipinski definition) is 1. The molecule has 1 N–H and O–H groups in total. The van der Waals surface area contributed by atoms with E-state index in [-0.39, 0.29) is 28.9 Å². The summed E-state index contributed by atoms with van der Waals surface area (Å²) in [5, 5.41) is 0.494. The van der Waals surface area contributed by atoms with Crippen molar-refractivity contribution in [3.05, 3.63) is 70.3 Å². The van der Waals surface area contributed by atoms with E-state index < -0.39 is 11.0 Å². The Bertz CT molecular complexity index is 1330. The number of anilines is 1. The number of aldehydes is 1. The quantitative estimate of drug-likeness (QED) is 0.168. The van der Waals surface area contributed by atoms with E-state index >= 15 is 0 Å². The van der Waals surface area contributed by atoms with E-state index in [9.17, 15) is 13.8 Å². The number of carbonyl (C=O) groups excluding carboxylic acids is 2. The summed E-state index contributed by atoms with van der Waals surface area (Å²) in [4.78, 5) is 27.6. The van der Waals surface area contributed by atoms with E-state index in [1.807, 2.05) is 25.1 Å². The molecule has 1 amide bonds. The fourth-order valence-corrected chi connectivity index (χ4v) is 7.30. The van der Waals surface area contributed by atoms with Gasteiger partial charge in [0.15, 0.2) is 0 Å². The molecule has 44 heavy (non-hydrogen) atoms. The van der Waals surface area contributed by atoms with Crippen LogP contribution in [0.3, 0.4) is 0 Å². The second kappa shape index (κ2) is 16.6. The summed E-state index contributed by atoms with van der Waals surface area (Å²) in [6, 6.07) is 11.6. The van der Waals surface area contributed by atoms with Crippen LogP contribution in [0.5, 0.6) is 5.75 Å². The summed E-state index contributed by atoms with van der Waals surface area (Å²) in [6.07, 6.45) is 10.7. The first-order valence-electron chi connectivity index (χ1n) is 15.9. The number of benzene rings is 2. The Kier molecular flexibility index (Phi) is 12.9. The molecule has 2 aromatic rings. The van der Waals surface area contributed by atoms with E-state index in [0.29, 0.717) is 37.7 Å². The van der Waals surface area contributed by atoms with Gasteiger partial charge in [0.1, 0.15) is 23.0 Å². The first-order chi connectivity index (χ1) is 21.3. The van der Waals surface area contributed by atoms with E-state index in [1.165, 1.54) is 11.1 Å². The highest BCUT2D eigenvalue weighted by Gasteiger charge is 2.38. The van der Waals surface area contributed by atoms with Gasteiger partial charge in [-0.3, -0.25) is 9.52 Å². The van der Waals surface area contributed by atoms with Gasteiger partial charge in [-0.25, -0.2) is 4.21 Å². The molecule has 1 heterocycles. The molecule has 0 radical (unpaired) electrons. The average Bonchev–Trinajstić information content (AvgIpc) is 3.19. The third-order valence-electron chi connectivity index (χ3n) is 8.97. The molecule has 6 unspecified atom stereocenters. The molecule has 1 aliphatic heterocycles. The van der Waals surface area contributed by atoms with Crippen molar-refractivity contribution in [3.8, 4) is 5.75 Å². The third-order valence-corrected chi connectivity index (χ3v) is 10.6. The summed E-state index contributed by atoms with van der Waals surface area (Å²) >= 11 is 6.40. The van der Waals surface area contributed by atoms with E-state index in [1.54, 1.807) is 13.2 Å². The molecule has 2 aromatic carbocycles. The number of rotatable bonds is 15. The van der Waals surface area contributed by atoms with Crippen LogP contribution < -0.4 is 14.4 Å². The van der Waals surface area contributed by atoms with Crippen molar-refractivity contribution in [1.29, 1.82) is 0 Å². The van der Waals surface area contributed by atoms with Crippen LogP contribution in [-0.4, -0.2) is 55.1 Å². The van der Waals surface area contributed by atoms with E-state index in [0.717, 1.165) is 61.4 Å². The van der Waals surface area contributed by atoms with Crippen molar-refractivity contribution in [2.24, 2.45) is 17.8 Å². The van der Waals surface area contributed by atoms with Gasteiger partial charge in [0.2, 0.25) is 0 Å². The molecule has 2 aliphatic rings.